The van der Waals surface area contributed by atoms with Gasteiger partial charge in [-0.1, -0.05) is 0 Å². The lowest BCUT2D eigenvalue weighted by Crippen LogP contribution is -2.40. The van der Waals surface area contributed by atoms with Gasteiger partial charge in [0.2, 0.25) is 0 Å². The number of benzene rings is 1. The van der Waals surface area contributed by atoms with Crippen molar-refractivity contribution in [1.82, 2.24) is 4.90 Å². The number of ether oxygens (including phenoxy) is 1. The van der Waals surface area contributed by atoms with Crippen molar-refractivity contribution in [3.05, 3.63) is 29.6 Å². The third kappa shape index (κ3) is 3.16. The van der Waals surface area contributed by atoms with Gasteiger partial charge in [-0.25, -0.2) is 4.39 Å². The van der Waals surface area contributed by atoms with E-state index in [9.17, 15) is 9.18 Å². The van der Waals surface area contributed by atoms with Crippen LogP contribution >= 0.6 is 12.4 Å². The fourth-order valence-corrected chi connectivity index (χ4v) is 2.30. The molecular formula is C13H18ClFN2O2. The van der Waals surface area contributed by atoms with Crippen LogP contribution in [-0.4, -0.2) is 37.0 Å². The highest BCUT2D eigenvalue weighted by molar-refractivity contribution is 5.95. The third-order valence-electron chi connectivity index (χ3n) is 3.32. The summed E-state index contributed by atoms with van der Waals surface area (Å²) in [5, 5.41) is 0. The van der Waals surface area contributed by atoms with Gasteiger partial charge in [-0.3, -0.25) is 4.79 Å². The Morgan fingerprint density at radius 2 is 2.32 bits per heavy atom. The second-order valence-electron chi connectivity index (χ2n) is 4.38. The molecule has 0 radical (unpaired) electrons. The average Bonchev–Trinajstić information content (AvgIpc) is 2.86. The highest BCUT2D eigenvalue weighted by Crippen LogP contribution is 2.22. The van der Waals surface area contributed by atoms with E-state index in [0.29, 0.717) is 18.8 Å². The SMILES string of the molecule is COc1ccc(C(=O)N2CCCC2CN)c(F)c1.Cl. The maximum absolute atomic E-state index is 13.8. The van der Waals surface area contributed by atoms with Crippen LogP contribution in [-0.2, 0) is 0 Å². The van der Waals surface area contributed by atoms with Crippen molar-refractivity contribution in [3.8, 4) is 5.75 Å². The first-order valence-corrected chi connectivity index (χ1v) is 6.02. The van der Waals surface area contributed by atoms with E-state index in [1.54, 1.807) is 11.0 Å². The van der Waals surface area contributed by atoms with Gasteiger partial charge in [0, 0.05) is 25.2 Å². The highest BCUT2D eigenvalue weighted by atomic mass is 35.5. The fraction of sp³-hybridized carbons (Fsp3) is 0.462. The summed E-state index contributed by atoms with van der Waals surface area (Å²) in [4.78, 5) is 13.9. The smallest absolute Gasteiger partial charge is 0.257 e. The zero-order chi connectivity index (χ0) is 13.1. The van der Waals surface area contributed by atoms with Crippen molar-refractivity contribution in [2.75, 3.05) is 20.2 Å². The van der Waals surface area contributed by atoms with Gasteiger partial charge in [-0.2, -0.15) is 0 Å². The largest absolute Gasteiger partial charge is 0.497 e. The number of likely N-dealkylation sites (tertiary alicyclic amines) is 1. The van der Waals surface area contributed by atoms with Crippen LogP contribution in [0.5, 0.6) is 5.75 Å². The molecule has 1 amide bonds. The van der Waals surface area contributed by atoms with Crippen LogP contribution in [0, 0.1) is 5.82 Å². The number of hydrogen-bond acceptors (Lipinski definition) is 3. The monoisotopic (exact) mass is 288 g/mol. The van der Waals surface area contributed by atoms with E-state index in [1.807, 2.05) is 0 Å². The molecule has 6 heteroatoms. The van der Waals surface area contributed by atoms with Crippen molar-refractivity contribution in [3.63, 3.8) is 0 Å². The molecule has 2 rings (SSSR count). The van der Waals surface area contributed by atoms with Crippen molar-refractivity contribution >= 4 is 18.3 Å². The lowest BCUT2D eigenvalue weighted by Gasteiger charge is -2.23. The zero-order valence-corrected chi connectivity index (χ0v) is 11.6. The predicted octanol–water partition coefficient (Wildman–Crippen LogP) is 1.82. The van der Waals surface area contributed by atoms with Gasteiger partial charge in [-0.05, 0) is 25.0 Å². The van der Waals surface area contributed by atoms with E-state index in [2.05, 4.69) is 0 Å². The van der Waals surface area contributed by atoms with Crippen molar-refractivity contribution in [2.24, 2.45) is 5.73 Å². The number of methoxy groups -OCH3 is 1. The van der Waals surface area contributed by atoms with E-state index in [1.165, 1.54) is 19.2 Å². The van der Waals surface area contributed by atoms with Crippen molar-refractivity contribution in [2.45, 2.75) is 18.9 Å². The molecule has 1 fully saturated rings. The standard InChI is InChI=1S/C13H17FN2O2.ClH/c1-18-10-4-5-11(12(14)7-10)13(17)16-6-2-3-9(16)8-15;/h4-5,7,9H,2-3,6,8,15H2,1H3;1H. The molecule has 19 heavy (non-hydrogen) atoms. The van der Waals surface area contributed by atoms with Crippen LogP contribution in [0.1, 0.15) is 23.2 Å². The first-order chi connectivity index (χ1) is 8.67. The molecule has 4 nitrogen and oxygen atoms in total. The molecule has 1 aliphatic heterocycles. The third-order valence-corrected chi connectivity index (χ3v) is 3.32. The average molecular weight is 289 g/mol. The highest BCUT2D eigenvalue weighted by Gasteiger charge is 2.29. The molecule has 0 spiro atoms. The first-order valence-electron chi connectivity index (χ1n) is 6.02. The summed E-state index contributed by atoms with van der Waals surface area (Å²) >= 11 is 0. The molecule has 1 aliphatic rings. The molecule has 1 heterocycles. The van der Waals surface area contributed by atoms with Gasteiger partial charge in [0.05, 0.1) is 12.7 Å². The number of carbonyl (C=O) groups is 1. The molecule has 1 saturated heterocycles. The van der Waals surface area contributed by atoms with Gasteiger partial charge in [0.15, 0.2) is 0 Å². The molecule has 1 unspecified atom stereocenters. The van der Waals surface area contributed by atoms with E-state index in [0.717, 1.165) is 12.8 Å². The van der Waals surface area contributed by atoms with Crippen LogP contribution in [0.3, 0.4) is 0 Å². The molecule has 1 aromatic carbocycles. The summed E-state index contributed by atoms with van der Waals surface area (Å²) in [7, 11) is 1.46. The van der Waals surface area contributed by atoms with E-state index in [4.69, 9.17) is 10.5 Å². The van der Waals surface area contributed by atoms with Gasteiger partial charge < -0.3 is 15.4 Å². The molecule has 0 aliphatic carbocycles. The van der Waals surface area contributed by atoms with Gasteiger partial charge >= 0.3 is 0 Å². The Balaban J connectivity index is 0.00000180. The van der Waals surface area contributed by atoms with E-state index in [-0.39, 0.29) is 29.9 Å². The predicted molar refractivity (Wildman–Crippen MR) is 73.3 cm³/mol. The lowest BCUT2D eigenvalue weighted by atomic mass is 10.1. The van der Waals surface area contributed by atoms with Gasteiger partial charge in [0.25, 0.3) is 5.91 Å². The summed E-state index contributed by atoms with van der Waals surface area (Å²) < 4.78 is 18.7. The number of amides is 1. The first kappa shape index (κ1) is 15.7. The second kappa shape index (κ2) is 6.73. The minimum Gasteiger partial charge on any atom is -0.497 e. The number of carbonyl (C=O) groups excluding carboxylic acids is 1. The lowest BCUT2D eigenvalue weighted by molar-refractivity contribution is 0.0736. The number of halogens is 2. The molecule has 2 N–H and O–H groups in total. The second-order valence-corrected chi connectivity index (χ2v) is 4.38. The number of hydrogen-bond donors (Lipinski definition) is 1. The summed E-state index contributed by atoms with van der Waals surface area (Å²) in [6.45, 7) is 1.07. The Morgan fingerprint density at radius 1 is 1.58 bits per heavy atom. The van der Waals surface area contributed by atoms with Gasteiger partial charge in [-0.15, -0.1) is 12.4 Å². The van der Waals surface area contributed by atoms with Crippen LogP contribution in [0.25, 0.3) is 0 Å². The summed E-state index contributed by atoms with van der Waals surface area (Å²) in [5.41, 5.74) is 5.70. The van der Waals surface area contributed by atoms with Crippen LogP contribution in [0.2, 0.25) is 0 Å². The van der Waals surface area contributed by atoms with Gasteiger partial charge in [0.1, 0.15) is 11.6 Å². The molecule has 0 aromatic heterocycles. The molecule has 0 saturated carbocycles. The maximum Gasteiger partial charge on any atom is 0.257 e. The fourth-order valence-electron chi connectivity index (χ4n) is 2.30. The maximum atomic E-state index is 13.8. The van der Waals surface area contributed by atoms with E-state index >= 15 is 0 Å². The normalized spacial score (nSPS) is 18.1. The summed E-state index contributed by atoms with van der Waals surface area (Å²) in [6, 6.07) is 4.30. The molecular weight excluding hydrogens is 271 g/mol. The Kier molecular flexibility index (Phi) is 5.57. The number of nitrogens with zero attached hydrogens (tertiary/aromatic N) is 1. The van der Waals surface area contributed by atoms with Crippen LogP contribution < -0.4 is 10.5 Å². The topological polar surface area (TPSA) is 55.6 Å². The minimum atomic E-state index is -0.554. The minimum absolute atomic E-state index is 0. The zero-order valence-electron chi connectivity index (χ0n) is 10.8. The quantitative estimate of drug-likeness (QED) is 0.923. The molecule has 106 valence electrons. The number of rotatable bonds is 3. The van der Waals surface area contributed by atoms with Crippen LogP contribution in [0.4, 0.5) is 4.39 Å². The van der Waals surface area contributed by atoms with Crippen molar-refractivity contribution in [1.29, 1.82) is 0 Å². The summed E-state index contributed by atoms with van der Waals surface area (Å²) in [6.07, 6.45) is 1.81. The van der Waals surface area contributed by atoms with Crippen molar-refractivity contribution < 1.29 is 13.9 Å². The molecule has 1 aromatic rings. The molecule has 1 atom stereocenters. The summed E-state index contributed by atoms with van der Waals surface area (Å²) in [5.74, 6) is -0.439. The molecule has 0 bridgehead atoms. The Hall–Kier alpha value is -1.33. The Bertz CT molecular complexity index is 456. The van der Waals surface area contributed by atoms with E-state index < -0.39 is 5.82 Å². The van der Waals surface area contributed by atoms with Crippen LogP contribution in [0.15, 0.2) is 18.2 Å². The number of nitrogens with two attached hydrogens (primary N) is 1. The Labute approximate surface area is 118 Å². The Morgan fingerprint density at radius 3 is 2.89 bits per heavy atom.